The number of nitrogens with two attached hydrogens (primary N) is 1. The minimum atomic E-state index is 0.0144. The number of anilines is 2. The van der Waals surface area contributed by atoms with Gasteiger partial charge in [-0.2, -0.15) is 0 Å². The molecule has 20 heavy (non-hydrogen) atoms. The molecule has 0 radical (unpaired) electrons. The molecule has 1 amide bonds. The van der Waals surface area contributed by atoms with Gasteiger partial charge in [0.2, 0.25) is 5.91 Å². The summed E-state index contributed by atoms with van der Waals surface area (Å²) in [7, 11) is 1.76. The van der Waals surface area contributed by atoms with Gasteiger partial charge in [0.05, 0.1) is 5.75 Å². The lowest BCUT2D eigenvalue weighted by Gasteiger charge is -2.17. The first-order valence-electron chi connectivity index (χ1n) is 6.07. The molecule has 2 rings (SSSR count). The van der Waals surface area contributed by atoms with E-state index in [1.807, 2.05) is 30.3 Å². The predicted molar refractivity (Wildman–Crippen MR) is 86.4 cm³/mol. The first-order valence-corrected chi connectivity index (χ1v) is 7.43. The van der Waals surface area contributed by atoms with Crippen LogP contribution < -0.4 is 10.6 Å². The molecule has 0 bridgehead atoms. The Morgan fingerprint density at radius 1 is 1.25 bits per heavy atom. The van der Waals surface area contributed by atoms with Crippen molar-refractivity contribution in [1.29, 1.82) is 0 Å². The van der Waals surface area contributed by atoms with Crippen molar-refractivity contribution in [3.05, 3.63) is 53.6 Å². The summed E-state index contributed by atoms with van der Waals surface area (Å²) in [5.74, 6) is 0.330. The summed E-state index contributed by atoms with van der Waals surface area (Å²) in [5, 5.41) is 0.616. The topological polar surface area (TPSA) is 46.3 Å². The second kappa shape index (κ2) is 6.68. The average Bonchev–Trinajstić information content (AvgIpc) is 2.48. The van der Waals surface area contributed by atoms with Crippen molar-refractivity contribution in [2.75, 3.05) is 23.4 Å². The molecule has 0 aromatic heterocycles. The van der Waals surface area contributed by atoms with Crippen LogP contribution in [0.5, 0.6) is 0 Å². The molecule has 2 aromatic carbocycles. The van der Waals surface area contributed by atoms with Crippen molar-refractivity contribution >= 4 is 40.6 Å². The number of carbonyl (C=O) groups is 1. The minimum absolute atomic E-state index is 0.0144. The molecule has 0 unspecified atom stereocenters. The van der Waals surface area contributed by atoms with E-state index >= 15 is 0 Å². The molecule has 0 fully saturated rings. The molecule has 5 heteroatoms. The van der Waals surface area contributed by atoms with Crippen LogP contribution in [0.4, 0.5) is 11.4 Å². The predicted octanol–water partition coefficient (Wildman–Crippen LogP) is 3.68. The van der Waals surface area contributed by atoms with Gasteiger partial charge >= 0.3 is 0 Å². The smallest absolute Gasteiger partial charge is 0.237 e. The summed E-state index contributed by atoms with van der Waals surface area (Å²) in [4.78, 5) is 14.6. The Labute approximate surface area is 127 Å². The molecular weight excluding hydrogens is 292 g/mol. The molecule has 0 aliphatic carbocycles. The van der Waals surface area contributed by atoms with Gasteiger partial charge in [-0.3, -0.25) is 4.79 Å². The summed E-state index contributed by atoms with van der Waals surface area (Å²) in [6.45, 7) is 0. The van der Waals surface area contributed by atoms with Crippen LogP contribution in [0.3, 0.4) is 0 Å². The Balaban J connectivity index is 2.00. The monoisotopic (exact) mass is 306 g/mol. The Morgan fingerprint density at radius 2 is 1.95 bits per heavy atom. The third-order valence-electron chi connectivity index (χ3n) is 2.84. The molecule has 3 nitrogen and oxygen atoms in total. The van der Waals surface area contributed by atoms with E-state index in [9.17, 15) is 4.79 Å². The Bertz CT molecular complexity index is 604. The zero-order valence-electron chi connectivity index (χ0n) is 11.0. The highest BCUT2D eigenvalue weighted by atomic mass is 35.5. The molecule has 0 spiro atoms. The number of carbonyl (C=O) groups excluding carboxylic acids is 1. The van der Waals surface area contributed by atoms with Gasteiger partial charge in [0.25, 0.3) is 0 Å². The minimum Gasteiger partial charge on any atom is -0.398 e. The average molecular weight is 307 g/mol. The van der Waals surface area contributed by atoms with Gasteiger partial charge in [-0.05, 0) is 30.3 Å². The van der Waals surface area contributed by atoms with E-state index in [1.54, 1.807) is 30.1 Å². The van der Waals surface area contributed by atoms with Crippen molar-refractivity contribution in [3.8, 4) is 0 Å². The van der Waals surface area contributed by atoms with Crippen LogP contribution in [0.25, 0.3) is 0 Å². The van der Waals surface area contributed by atoms with Gasteiger partial charge in [-0.1, -0.05) is 29.8 Å². The van der Waals surface area contributed by atoms with Crippen LogP contribution in [-0.4, -0.2) is 18.7 Å². The first kappa shape index (κ1) is 14.8. The standard InChI is InChI=1S/C15H15ClN2OS/c1-18(12-5-3-2-4-6-12)15(19)10-20-14-9-11(16)7-8-13(14)17/h2-9H,10,17H2,1H3. The quantitative estimate of drug-likeness (QED) is 0.692. The van der Waals surface area contributed by atoms with Gasteiger partial charge < -0.3 is 10.6 Å². The number of hydrogen-bond donors (Lipinski definition) is 1. The fraction of sp³-hybridized carbons (Fsp3) is 0.133. The maximum absolute atomic E-state index is 12.1. The summed E-state index contributed by atoms with van der Waals surface area (Å²) in [6.07, 6.45) is 0. The first-order chi connectivity index (χ1) is 9.58. The van der Waals surface area contributed by atoms with E-state index in [4.69, 9.17) is 17.3 Å². The second-order valence-electron chi connectivity index (χ2n) is 4.26. The molecule has 0 atom stereocenters. The van der Waals surface area contributed by atoms with Crippen LogP contribution >= 0.6 is 23.4 Å². The highest BCUT2D eigenvalue weighted by Crippen LogP contribution is 2.28. The maximum atomic E-state index is 12.1. The van der Waals surface area contributed by atoms with E-state index in [0.717, 1.165) is 10.6 Å². The van der Waals surface area contributed by atoms with Crippen LogP contribution in [-0.2, 0) is 4.79 Å². The summed E-state index contributed by atoms with van der Waals surface area (Å²) in [6, 6.07) is 14.8. The van der Waals surface area contributed by atoms with Crippen LogP contribution in [0.2, 0.25) is 5.02 Å². The number of halogens is 1. The van der Waals surface area contributed by atoms with E-state index in [-0.39, 0.29) is 5.91 Å². The number of hydrogen-bond acceptors (Lipinski definition) is 3. The van der Waals surface area contributed by atoms with Crippen LogP contribution in [0.1, 0.15) is 0 Å². The molecule has 104 valence electrons. The Morgan fingerprint density at radius 3 is 2.65 bits per heavy atom. The fourth-order valence-corrected chi connectivity index (χ4v) is 2.82. The number of para-hydroxylation sites is 1. The van der Waals surface area contributed by atoms with Crippen molar-refractivity contribution in [2.45, 2.75) is 4.90 Å². The van der Waals surface area contributed by atoms with E-state index in [2.05, 4.69) is 0 Å². The van der Waals surface area contributed by atoms with E-state index in [0.29, 0.717) is 16.5 Å². The number of rotatable bonds is 4. The van der Waals surface area contributed by atoms with Gasteiger partial charge in [0, 0.05) is 28.3 Å². The zero-order valence-corrected chi connectivity index (χ0v) is 12.6. The molecule has 0 aliphatic heterocycles. The molecule has 2 N–H and O–H groups in total. The molecule has 0 aliphatic rings. The van der Waals surface area contributed by atoms with Gasteiger partial charge in [0.15, 0.2) is 0 Å². The molecular formula is C15H15ClN2OS. The number of nitrogen functional groups attached to an aromatic ring is 1. The second-order valence-corrected chi connectivity index (χ2v) is 5.71. The van der Waals surface area contributed by atoms with Crippen molar-refractivity contribution in [3.63, 3.8) is 0 Å². The summed E-state index contributed by atoms with van der Waals surface area (Å²) < 4.78 is 0. The van der Waals surface area contributed by atoms with Gasteiger partial charge in [-0.15, -0.1) is 11.8 Å². The summed E-state index contributed by atoms with van der Waals surface area (Å²) >= 11 is 7.32. The lowest BCUT2D eigenvalue weighted by Crippen LogP contribution is -2.27. The maximum Gasteiger partial charge on any atom is 0.237 e. The fourth-order valence-electron chi connectivity index (χ4n) is 1.67. The van der Waals surface area contributed by atoms with Gasteiger partial charge in [-0.25, -0.2) is 0 Å². The molecule has 0 heterocycles. The van der Waals surface area contributed by atoms with Crippen LogP contribution in [0, 0.1) is 0 Å². The third kappa shape index (κ3) is 3.68. The van der Waals surface area contributed by atoms with E-state index in [1.165, 1.54) is 11.8 Å². The SMILES string of the molecule is CN(C(=O)CSc1cc(Cl)ccc1N)c1ccccc1. The molecule has 0 saturated carbocycles. The number of thioether (sulfide) groups is 1. The lowest BCUT2D eigenvalue weighted by atomic mass is 10.3. The Kier molecular flexibility index (Phi) is 4.93. The number of benzene rings is 2. The van der Waals surface area contributed by atoms with E-state index < -0.39 is 0 Å². The highest BCUT2D eigenvalue weighted by Gasteiger charge is 2.12. The normalized spacial score (nSPS) is 10.3. The third-order valence-corrected chi connectivity index (χ3v) is 4.14. The van der Waals surface area contributed by atoms with Crippen molar-refractivity contribution in [1.82, 2.24) is 0 Å². The summed E-state index contributed by atoms with van der Waals surface area (Å²) in [5.41, 5.74) is 7.36. The van der Waals surface area contributed by atoms with Crippen molar-refractivity contribution < 1.29 is 4.79 Å². The zero-order chi connectivity index (χ0) is 14.5. The highest BCUT2D eigenvalue weighted by molar-refractivity contribution is 8.00. The van der Waals surface area contributed by atoms with Crippen molar-refractivity contribution in [2.24, 2.45) is 0 Å². The molecule has 0 saturated heterocycles. The largest absolute Gasteiger partial charge is 0.398 e. The van der Waals surface area contributed by atoms with Crippen LogP contribution in [0.15, 0.2) is 53.4 Å². The Hall–Kier alpha value is -1.65. The number of nitrogens with zero attached hydrogens (tertiary/aromatic N) is 1. The van der Waals surface area contributed by atoms with Gasteiger partial charge in [0.1, 0.15) is 0 Å². The molecule has 2 aromatic rings. The number of amides is 1. The lowest BCUT2D eigenvalue weighted by molar-refractivity contribution is -0.115.